The molecule has 1 atom stereocenters. The molecular formula is C8H15NO5S2. The summed E-state index contributed by atoms with van der Waals surface area (Å²) in [4.78, 5) is 0. The van der Waals surface area contributed by atoms with Crippen LogP contribution in [0.1, 0.15) is 19.3 Å². The van der Waals surface area contributed by atoms with Gasteiger partial charge in [-0.3, -0.25) is 0 Å². The molecule has 1 aliphatic carbocycles. The lowest BCUT2D eigenvalue weighted by Crippen LogP contribution is -2.44. The lowest BCUT2D eigenvalue weighted by molar-refractivity contribution is 0.246. The zero-order valence-electron chi connectivity index (χ0n) is 8.72. The van der Waals surface area contributed by atoms with Crippen LogP contribution in [0.4, 0.5) is 0 Å². The Morgan fingerprint density at radius 2 is 2.00 bits per heavy atom. The minimum atomic E-state index is -3.63. The molecule has 6 nitrogen and oxygen atoms in total. The summed E-state index contributed by atoms with van der Waals surface area (Å²) in [5, 5.41) is 8.16. The second-order valence-corrected chi connectivity index (χ2v) is 8.80. The van der Waals surface area contributed by atoms with E-state index in [0.717, 1.165) is 0 Å². The van der Waals surface area contributed by atoms with Crippen LogP contribution in [0.5, 0.6) is 0 Å². The molecule has 2 N–H and O–H groups in total. The lowest BCUT2D eigenvalue weighted by Gasteiger charge is -2.17. The minimum Gasteiger partial charge on any atom is -0.394 e. The highest BCUT2D eigenvalue weighted by Gasteiger charge is 2.48. The summed E-state index contributed by atoms with van der Waals surface area (Å²) in [5.41, 5.74) is -0.717. The van der Waals surface area contributed by atoms with E-state index in [4.69, 9.17) is 5.11 Å². The molecule has 0 amide bonds. The third-order valence-electron chi connectivity index (χ3n) is 3.14. The number of hydrogen-bond donors (Lipinski definition) is 2. The van der Waals surface area contributed by atoms with Crippen LogP contribution in [0.15, 0.2) is 0 Å². The molecule has 2 aliphatic rings. The van der Waals surface area contributed by atoms with E-state index in [1.807, 2.05) is 0 Å². The van der Waals surface area contributed by atoms with Crippen LogP contribution >= 0.6 is 0 Å². The van der Waals surface area contributed by atoms with Gasteiger partial charge in [-0.05, 0) is 19.3 Å². The van der Waals surface area contributed by atoms with E-state index in [2.05, 4.69) is 4.72 Å². The van der Waals surface area contributed by atoms with E-state index < -0.39 is 30.6 Å². The Morgan fingerprint density at radius 1 is 1.38 bits per heavy atom. The molecule has 8 heteroatoms. The minimum absolute atomic E-state index is 0.0648. The molecule has 0 aromatic heterocycles. The van der Waals surface area contributed by atoms with Gasteiger partial charge in [0.2, 0.25) is 10.0 Å². The van der Waals surface area contributed by atoms with Crippen molar-refractivity contribution in [2.24, 2.45) is 0 Å². The maximum Gasteiger partial charge on any atom is 0.216 e. The van der Waals surface area contributed by atoms with Gasteiger partial charge in [0.15, 0.2) is 9.84 Å². The first-order chi connectivity index (χ1) is 7.29. The molecule has 1 aliphatic heterocycles. The van der Waals surface area contributed by atoms with Crippen molar-refractivity contribution in [1.29, 1.82) is 0 Å². The first kappa shape index (κ1) is 12.3. The Hall–Kier alpha value is -0.180. The Bertz CT molecular complexity index is 477. The van der Waals surface area contributed by atoms with Gasteiger partial charge >= 0.3 is 0 Å². The van der Waals surface area contributed by atoms with E-state index in [0.29, 0.717) is 12.8 Å². The summed E-state index contributed by atoms with van der Waals surface area (Å²) >= 11 is 0. The molecule has 0 radical (unpaired) electrons. The summed E-state index contributed by atoms with van der Waals surface area (Å²) in [6.07, 6.45) is 1.38. The molecule has 1 saturated carbocycles. The summed E-state index contributed by atoms with van der Waals surface area (Å²) in [6.45, 7) is -0.230. The predicted molar refractivity (Wildman–Crippen MR) is 58.2 cm³/mol. The van der Waals surface area contributed by atoms with Gasteiger partial charge in [-0.25, -0.2) is 21.6 Å². The van der Waals surface area contributed by atoms with Crippen LogP contribution in [0.3, 0.4) is 0 Å². The van der Waals surface area contributed by atoms with Crippen LogP contribution in [-0.2, 0) is 19.9 Å². The molecule has 0 spiro atoms. The zero-order valence-corrected chi connectivity index (χ0v) is 10.3. The Kier molecular flexibility index (Phi) is 2.81. The first-order valence-corrected chi connectivity index (χ1v) is 8.49. The van der Waals surface area contributed by atoms with Crippen molar-refractivity contribution in [3.05, 3.63) is 0 Å². The van der Waals surface area contributed by atoms with E-state index in [9.17, 15) is 16.8 Å². The van der Waals surface area contributed by atoms with Gasteiger partial charge in [-0.2, -0.15) is 0 Å². The summed E-state index contributed by atoms with van der Waals surface area (Å²) < 4.78 is 48.5. The lowest BCUT2D eigenvalue weighted by atomic mass is 10.3. The number of hydrogen-bond acceptors (Lipinski definition) is 5. The van der Waals surface area contributed by atoms with Gasteiger partial charge in [0.05, 0.1) is 28.9 Å². The van der Waals surface area contributed by atoms with Crippen LogP contribution in [0, 0.1) is 0 Å². The Labute approximate surface area is 95.0 Å². The van der Waals surface area contributed by atoms with Crippen molar-refractivity contribution in [2.45, 2.75) is 30.1 Å². The second kappa shape index (κ2) is 3.66. The molecule has 2 fully saturated rings. The van der Waals surface area contributed by atoms with Gasteiger partial charge in [-0.15, -0.1) is 0 Å². The van der Waals surface area contributed by atoms with Crippen molar-refractivity contribution in [3.8, 4) is 0 Å². The first-order valence-electron chi connectivity index (χ1n) is 5.13. The van der Waals surface area contributed by atoms with E-state index in [1.54, 1.807) is 0 Å². The molecule has 1 unspecified atom stereocenters. The zero-order chi connectivity index (χ0) is 12.0. The average Bonchev–Trinajstić information content (AvgIpc) is 2.82. The number of rotatable bonds is 4. The van der Waals surface area contributed by atoms with Crippen molar-refractivity contribution >= 4 is 19.9 Å². The second-order valence-electron chi connectivity index (χ2n) is 4.61. The van der Waals surface area contributed by atoms with E-state index in [1.165, 1.54) is 0 Å². The molecule has 16 heavy (non-hydrogen) atoms. The van der Waals surface area contributed by atoms with Crippen molar-refractivity contribution in [3.63, 3.8) is 0 Å². The molecule has 1 heterocycles. The highest BCUT2D eigenvalue weighted by Crippen LogP contribution is 2.36. The van der Waals surface area contributed by atoms with Gasteiger partial charge in [0.25, 0.3) is 0 Å². The SMILES string of the molecule is O=S1(=O)CCC(S(=O)(=O)NC2(CO)CC2)C1. The van der Waals surface area contributed by atoms with Gasteiger partial charge in [0, 0.05) is 0 Å². The Morgan fingerprint density at radius 3 is 2.38 bits per heavy atom. The van der Waals surface area contributed by atoms with Gasteiger partial charge in [-0.1, -0.05) is 0 Å². The number of aliphatic hydroxyl groups excluding tert-OH is 1. The number of sulfonamides is 1. The molecule has 2 rings (SSSR count). The maximum absolute atomic E-state index is 11.8. The third kappa shape index (κ3) is 2.39. The molecular weight excluding hydrogens is 254 g/mol. The Balaban J connectivity index is 2.09. The van der Waals surface area contributed by atoms with Crippen molar-refractivity contribution in [2.75, 3.05) is 18.1 Å². The van der Waals surface area contributed by atoms with E-state index in [-0.39, 0.29) is 24.5 Å². The number of nitrogens with one attached hydrogen (secondary N) is 1. The van der Waals surface area contributed by atoms with Crippen molar-refractivity contribution < 1.29 is 21.9 Å². The monoisotopic (exact) mass is 269 g/mol. The summed E-state index contributed by atoms with van der Waals surface area (Å²) in [6, 6.07) is 0. The third-order valence-corrected chi connectivity index (χ3v) is 7.12. The number of sulfone groups is 1. The topological polar surface area (TPSA) is 101 Å². The highest BCUT2D eigenvalue weighted by molar-refractivity contribution is 7.95. The molecule has 0 aromatic rings. The van der Waals surface area contributed by atoms with Crippen molar-refractivity contribution in [1.82, 2.24) is 4.72 Å². The fourth-order valence-corrected chi connectivity index (χ4v) is 6.33. The van der Waals surface area contributed by atoms with Crippen LogP contribution in [0.2, 0.25) is 0 Å². The summed E-state index contributed by atoms with van der Waals surface area (Å²) in [5.74, 6) is -0.367. The fraction of sp³-hybridized carbons (Fsp3) is 1.00. The maximum atomic E-state index is 11.8. The number of aliphatic hydroxyl groups is 1. The van der Waals surface area contributed by atoms with Crippen LogP contribution in [0.25, 0.3) is 0 Å². The standard InChI is InChI=1S/C8H15NO5S2/c10-6-8(2-3-8)9-16(13,14)7-1-4-15(11,12)5-7/h7,9-10H,1-6H2. The summed E-state index contributed by atoms with van der Waals surface area (Å²) in [7, 11) is -6.83. The molecule has 94 valence electrons. The van der Waals surface area contributed by atoms with Crippen LogP contribution in [-0.4, -0.2) is 50.8 Å². The van der Waals surface area contributed by atoms with Gasteiger partial charge in [0.1, 0.15) is 0 Å². The van der Waals surface area contributed by atoms with Gasteiger partial charge < -0.3 is 5.11 Å². The largest absolute Gasteiger partial charge is 0.394 e. The fourth-order valence-electron chi connectivity index (χ4n) is 1.83. The quantitative estimate of drug-likeness (QED) is 0.655. The average molecular weight is 269 g/mol. The van der Waals surface area contributed by atoms with Crippen LogP contribution < -0.4 is 4.72 Å². The highest BCUT2D eigenvalue weighted by atomic mass is 32.2. The molecule has 1 saturated heterocycles. The molecule has 0 bridgehead atoms. The smallest absolute Gasteiger partial charge is 0.216 e. The molecule has 0 aromatic carbocycles. The predicted octanol–water partition coefficient (Wildman–Crippen LogP) is -1.38. The normalized spacial score (nSPS) is 31.4. The van der Waals surface area contributed by atoms with E-state index >= 15 is 0 Å².